The van der Waals surface area contributed by atoms with Gasteiger partial charge < -0.3 is 25.6 Å². The Bertz CT molecular complexity index is 954. The van der Waals surface area contributed by atoms with E-state index in [0.717, 1.165) is 11.3 Å². The van der Waals surface area contributed by atoms with Crippen LogP contribution in [0, 0.1) is 6.92 Å². The lowest BCUT2D eigenvalue weighted by molar-refractivity contribution is -0.116. The summed E-state index contributed by atoms with van der Waals surface area (Å²) < 4.78 is 5.29. The largest absolute Gasteiger partial charge is 0.378 e. The van der Waals surface area contributed by atoms with Crippen LogP contribution >= 0.6 is 0 Å². The first-order chi connectivity index (χ1) is 15.0. The minimum Gasteiger partial charge on any atom is -0.378 e. The molecule has 8 nitrogen and oxygen atoms in total. The van der Waals surface area contributed by atoms with Crippen molar-refractivity contribution in [1.29, 1.82) is 0 Å². The van der Waals surface area contributed by atoms with Crippen molar-refractivity contribution in [2.45, 2.75) is 20.3 Å². The van der Waals surface area contributed by atoms with Crippen LogP contribution < -0.4 is 16.0 Å². The number of nitrogens with zero attached hydrogens (tertiary/aromatic N) is 1. The van der Waals surface area contributed by atoms with Gasteiger partial charge in [-0.05, 0) is 42.8 Å². The molecule has 3 N–H and O–H groups in total. The Hall–Kier alpha value is -3.39. The molecule has 2 aromatic rings. The number of hydrogen-bond acceptors (Lipinski definition) is 5. The molecule has 1 saturated heterocycles. The molecule has 1 aliphatic rings. The predicted octanol–water partition coefficient (Wildman–Crippen LogP) is 2.87. The minimum absolute atomic E-state index is 0.0493. The van der Waals surface area contributed by atoms with E-state index in [9.17, 15) is 14.4 Å². The fourth-order valence-corrected chi connectivity index (χ4v) is 3.26. The third kappa shape index (κ3) is 6.05. The van der Waals surface area contributed by atoms with Gasteiger partial charge >= 0.3 is 0 Å². The van der Waals surface area contributed by atoms with Crippen LogP contribution in [0.4, 0.5) is 17.1 Å². The summed E-state index contributed by atoms with van der Waals surface area (Å²) in [4.78, 5) is 38.5. The lowest BCUT2D eigenvalue weighted by atomic mass is 10.1. The Balaban J connectivity index is 1.58. The number of morpholine rings is 1. The van der Waals surface area contributed by atoms with Gasteiger partial charge in [0.25, 0.3) is 5.91 Å². The molecule has 0 atom stereocenters. The Kier molecular flexibility index (Phi) is 7.61. The number of anilines is 3. The molecular formula is C23H28N4O4. The van der Waals surface area contributed by atoms with Crippen molar-refractivity contribution in [2.24, 2.45) is 0 Å². The van der Waals surface area contributed by atoms with Crippen molar-refractivity contribution in [1.82, 2.24) is 4.90 Å². The summed E-state index contributed by atoms with van der Waals surface area (Å²) in [7, 11) is 0. The number of carbonyl (C=O) groups excluding carboxylic acids is 3. The average molecular weight is 425 g/mol. The van der Waals surface area contributed by atoms with E-state index in [2.05, 4.69) is 16.0 Å². The van der Waals surface area contributed by atoms with Gasteiger partial charge in [0.2, 0.25) is 11.8 Å². The van der Waals surface area contributed by atoms with Gasteiger partial charge in [-0.25, -0.2) is 0 Å². The zero-order valence-electron chi connectivity index (χ0n) is 17.9. The number of nitrogens with one attached hydrogen (secondary N) is 3. The van der Waals surface area contributed by atoms with Crippen LogP contribution in [0.3, 0.4) is 0 Å². The van der Waals surface area contributed by atoms with E-state index in [0.29, 0.717) is 49.7 Å². The van der Waals surface area contributed by atoms with E-state index in [1.807, 2.05) is 25.1 Å². The first-order valence-electron chi connectivity index (χ1n) is 10.4. The van der Waals surface area contributed by atoms with Gasteiger partial charge in [-0.2, -0.15) is 0 Å². The normalized spacial score (nSPS) is 13.4. The van der Waals surface area contributed by atoms with Gasteiger partial charge in [0.15, 0.2) is 0 Å². The predicted molar refractivity (Wildman–Crippen MR) is 120 cm³/mol. The van der Waals surface area contributed by atoms with Gasteiger partial charge in [-0.1, -0.05) is 19.1 Å². The topological polar surface area (TPSA) is 99.8 Å². The highest BCUT2D eigenvalue weighted by Crippen LogP contribution is 2.23. The number of carbonyl (C=O) groups is 3. The highest BCUT2D eigenvalue weighted by molar-refractivity contribution is 5.98. The van der Waals surface area contributed by atoms with Crippen LogP contribution in [0.15, 0.2) is 42.5 Å². The SMILES string of the molecule is CCC(=O)Nc1cccc(NCC(=O)Nc2cccc(C(=O)N3CCOCC3)c2)c1C. The fourth-order valence-electron chi connectivity index (χ4n) is 3.26. The van der Waals surface area contributed by atoms with Gasteiger partial charge in [0.1, 0.15) is 0 Å². The maximum Gasteiger partial charge on any atom is 0.254 e. The Labute approximate surface area is 182 Å². The molecule has 2 aromatic carbocycles. The van der Waals surface area contributed by atoms with Crippen LogP contribution in [0.5, 0.6) is 0 Å². The Morgan fingerprint density at radius 2 is 1.68 bits per heavy atom. The molecule has 0 aromatic heterocycles. The molecular weight excluding hydrogens is 396 g/mol. The van der Waals surface area contributed by atoms with E-state index in [1.54, 1.807) is 36.1 Å². The standard InChI is InChI=1S/C23H28N4O4/c1-3-21(28)26-20-9-5-8-19(16(20)2)24-15-22(29)25-18-7-4-6-17(14-18)23(30)27-10-12-31-13-11-27/h4-9,14,24H,3,10-13,15H2,1-2H3,(H,25,29)(H,26,28). The number of ether oxygens (including phenoxy) is 1. The molecule has 0 aliphatic carbocycles. The molecule has 1 aliphatic heterocycles. The first-order valence-corrected chi connectivity index (χ1v) is 10.4. The van der Waals surface area contributed by atoms with Crippen LogP contribution in [0.2, 0.25) is 0 Å². The second-order valence-electron chi connectivity index (χ2n) is 7.27. The van der Waals surface area contributed by atoms with Gasteiger partial charge in [-0.3, -0.25) is 14.4 Å². The van der Waals surface area contributed by atoms with E-state index in [-0.39, 0.29) is 24.3 Å². The highest BCUT2D eigenvalue weighted by atomic mass is 16.5. The highest BCUT2D eigenvalue weighted by Gasteiger charge is 2.18. The fraction of sp³-hybridized carbons (Fsp3) is 0.348. The van der Waals surface area contributed by atoms with Crippen molar-refractivity contribution in [2.75, 3.05) is 48.8 Å². The summed E-state index contributed by atoms with van der Waals surface area (Å²) >= 11 is 0. The Morgan fingerprint density at radius 1 is 0.968 bits per heavy atom. The summed E-state index contributed by atoms with van der Waals surface area (Å²) in [5.41, 5.74) is 3.43. The zero-order chi connectivity index (χ0) is 22.2. The second-order valence-corrected chi connectivity index (χ2v) is 7.27. The molecule has 0 bridgehead atoms. The van der Waals surface area contributed by atoms with Crippen molar-refractivity contribution >= 4 is 34.8 Å². The third-order valence-corrected chi connectivity index (χ3v) is 5.06. The molecule has 1 heterocycles. The van der Waals surface area contributed by atoms with E-state index in [1.165, 1.54) is 0 Å². The van der Waals surface area contributed by atoms with Gasteiger partial charge in [0, 0.05) is 42.1 Å². The van der Waals surface area contributed by atoms with E-state index >= 15 is 0 Å². The molecule has 3 amide bonds. The average Bonchev–Trinajstić information content (AvgIpc) is 2.79. The molecule has 0 unspecified atom stereocenters. The third-order valence-electron chi connectivity index (χ3n) is 5.06. The Morgan fingerprint density at radius 3 is 2.42 bits per heavy atom. The zero-order valence-corrected chi connectivity index (χ0v) is 17.9. The number of rotatable bonds is 7. The van der Waals surface area contributed by atoms with Crippen LogP contribution in [0.25, 0.3) is 0 Å². The molecule has 0 spiro atoms. The molecule has 8 heteroatoms. The maximum absolute atomic E-state index is 12.6. The molecule has 31 heavy (non-hydrogen) atoms. The molecule has 164 valence electrons. The number of benzene rings is 2. The van der Waals surface area contributed by atoms with E-state index in [4.69, 9.17) is 4.74 Å². The lowest BCUT2D eigenvalue weighted by Crippen LogP contribution is -2.40. The molecule has 0 saturated carbocycles. The summed E-state index contributed by atoms with van der Waals surface area (Å²) in [6, 6.07) is 12.4. The van der Waals surface area contributed by atoms with Gasteiger partial charge in [0.05, 0.1) is 19.8 Å². The second kappa shape index (κ2) is 10.6. The van der Waals surface area contributed by atoms with Crippen molar-refractivity contribution in [3.05, 3.63) is 53.6 Å². The van der Waals surface area contributed by atoms with E-state index < -0.39 is 0 Å². The smallest absolute Gasteiger partial charge is 0.254 e. The quantitative estimate of drug-likeness (QED) is 0.635. The van der Waals surface area contributed by atoms with Crippen LogP contribution in [-0.4, -0.2) is 55.5 Å². The summed E-state index contributed by atoms with van der Waals surface area (Å²) in [5, 5.41) is 8.77. The molecule has 1 fully saturated rings. The van der Waals surface area contributed by atoms with Crippen molar-refractivity contribution in [3.63, 3.8) is 0 Å². The lowest BCUT2D eigenvalue weighted by Gasteiger charge is -2.27. The van der Waals surface area contributed by atoms with Crippen molar-refractivity contribution < 1.29 is 19.1 Å². The monoisotopic (exact) mass is 424 g/mol. The van der Waals surface area contributed by atoms with Crippen LogP contribution in [-0.2, 0) is 14.3 Å². The first kappa shape index (κ1) is 22.3. The summed E-state index contributed by atoms with van der Waals surface area (Å²) in [6.07, 6.45) is 0.395. The summed E-state index contributed by atoms with van der Waals surface area (Å²) in [5.74, 6) is -0.373. The maximum atomic E-state index is 12.6. The van der Waals surface area contributed by atoms with Gasteiger partial charge in [-0.15, -0.1) is 0 Å². The molecule has 0 radical (unpaired) electrons. The summed E-state index contributed by atoms with van der Waals surface area (Å²) in [6.45, 7) is 5.93. The minimum atomic E-state index is -0.238. The molecule has 3 rings (SSSR count). The van der Waals surface area contributed by atoms with Crippen LogP contribution in [0.1, 0.15) is 29.3 Å². The van der Waals surface area contributed by atoms with Crippen molar-refractivity contribution in [3.8, 4) is 0 Å². The number of hydrogen-bond donors (Lipinski definition) is 3. The number of amides is 3.